The number of benzene rings is 1. The summed E-state index contributed by atoms with van der Waals surface area (Å²) in [5, 5.41) is 11.2. The van der Waals surface area contributed by atoms with Crippen molar-refractivity contribution in [1.29, 1.82) is 0 Å². The number of nitrogens with one attached hydrogen (secondary N) is 1. The summed E-state index contributed by atoms with van der Waals surface area (Å²) < 4.78 is 14.5. The Bertz CT molecular complexity index is 492. The normalized spacial score (nSPS) is 12.6. The third-order valence-electron chi connectivity index (χ3n) is 2.91. The fourth-order valence-electron chi connectivity index (χ4n) is 1.92. The Labute approximate surface area is 106 Å². The average Bonchev–Trinajstić information content (AvgIpc) is 2.77. The van der Waals surface area contributed by atoms with Crippen LogP contribution in [0.3, 0.4) is 0 Å². The second kappa shape index (κ2) is 5.73. The van der Waals surface area contributed by atoms with Crippen molar-refractivity contribution in [2.24, 2.45) is 7.05 Å². The first-order chi connectivity index (χ1) is 8.67. The summed E-state index contributed by atoms with van der Waals surface area (Å²) in [4.78, 5) is 0. The van der Waals surface area contributed by atoms with Crippen LogP contribution in [0.2, 0.25) is 0 Å². The maximum Gasteiger partial charge on any atom is 0.123 e. The molecule has 0 amide bonds. The SMILES string of the molecule is CNC(Cc1ccc(F)cc1)Cc1cn(C)nn1. The highest BCUT2D eigenvalue weighted by molar-refractivity contribution is 5.17. The standard InChI is InChI=1S/C13H17FN4/c1-15-12(8-13-9-18(2)17-16-13)7-10-3-5-11(14)6-4-10/h3-6,9,12,15H,7-8H2,1-2H3. The molecule has 0 fully saturated rings. The van der Waals surface area contributed by atoms with E-state index in [0.29, 0.717) is 0 Å². The minimum Gasteiger partial charge on any atom is -0.316 e. The molecule has 2 rings (SSSR count). The Morgan fingerprint density at radius 2 is 2.00 bits per heavy atom. The second-order valence-corrected chi connectivity index (χ2v) is 4.40. The van der Waals surface area contributed by atoms with Crippen molar-refractivity contribution in [2.75, 3.05) is 7.05 Å². The Hall–Kier alpha value is -1.75. The van der Waals surface area contributed by atoms with Crippen LogP contribution in [0.5, 0.6) is 0 Å². The molecule has 0 aliphatic heterocycles. The molecule has 0 aliphatic carbocycles. The van der Waals surface area contributed by atoms with Crippen LogP contribution in [0.25, 0.3) is 0 Å². The zero-order chi connectivity index (χ0) is 13.0. The van der Waals surface area contributed by atoms with Gasteiger partial charge >= 0.3 is 0 Å². The molecule has 18 heavy (non-hydrogen) atoms. The lowest BCUT2D eigenvalue weighted by Crippen LogP contribution is -2.30. The molecule has 1 atom stereocenters. The van der Waals surface area contributed by atoms with Crippen molar-refractivity contribution in [1.82, 2.24) is 20.3 Å². The molecule has 0 aliphatic rings. The van der Waals surface area contributed by atoms with Crippen LogP contribution >= 0.6 is 0 Å². The van der Waals surface area contributed by atoms with Gasteiger partial charge in [-0.15, -0.1) is 5.10 Å². The molecule has 0 bridgehead atoms. The highest BCUT2D eigenvalue weighted by atomic mass is 19.1. The zero-order valence-corrected chi connectivity index (χ0v) is 10.6. The molecule has 0 radical (unpaired) electrons. The minimum atomic E-state index is -0.200. The molecule has 0 spiro atoms. The van der Waals surface area contributed by atoms with E-state index in [1.165, 1.54) is 12.1 Å². The average molecular weight is 248 g/mol. The predicted molar refractivity (Wildman–Crippen MR) is 67.7 cm³/mol. The lowest BCUT2D eigenvalue weighted by molar-refractivity contribution is 0.548. The largest absolute Gasteiger partial charge is 0.316 e. The molecule has 4 nitrogen and oxygen atoms in total. The van der Waals surface area contributed by atoms with Crippen molar-refractivity contribution < 1.29 is 4.39 Å². The summed E-state index contributed by atoms with van der Waals surface area (Å²) in [7, 11) is 3.77. The maximum absolute atomic E-state index is 12.8. The molecule has 1 unspecified atom stereocenters. The van der Waals surface area contributed by atoms with E-state index >= 15 is 0 Å². The zero-order valence-electron chi connectivity index (χ0n) is 10.6. The van der Waals surface area contributed by atoms with Gasteiger partial charge in [0.05, 0.1) is 5.69 Å². The first-order valence-electron chi connectivity index (χ1n) is 5.94. The van der Waals surface area contributed by atoms with Gasteiger partial charge in [0.2, 0.25) is 0 Å². The molecule has 1 aromatic heterocycles. The first-order valence-corrected chi connectivity index (χ1v) is 5.94. The smallest absolute Gasteiger partial charge is 0.123 e. The molecule has 1 heterocycles. The molecule has 1 N–H and O–H groups in total. The summed E-state index contributed by atoms with van der Waals surface area (Å²) in [5.41, 5.74) is 2.07. The van der Waals surface area contributed by atoms with Gasteiger partial charge in [0.25, 0.3) is 0 Å². The van der Waals surface area contributed by atoms with Gasteiger partial charge in [-0.25, -0.2) is 4.39 Å². The van der Waals surface area contributed by atoms with E-state index < -0.39 is 0 Å². The van der Waals surface area contributed by atoms with Crippen molar-refractivity contribution in [3.05, 3.63) is 47.5 Å². The van der Waals surface area contributed by atoms with Gasteiger partial charge in [0.1, 0.15) is 5.82 Å². The van der Waals surface area contributed by atoms with Crippen LogP contribution in [0.4, 0.5) is 4.39 Å². The number of nitrogens with zero attached hydrogens (tertiary/aromatic N) is 3. The molecule has 96 valence electrons. The quantitative estimate of drug-likeness (QED) is 0.868. The third-order valence-corrected chi connectivity index (χ3v) is 2.91. The second-order valence-electron chi connectivity index (χ2n) is 4.40. The van der Waals surface area contributed by atoms with Crippen LogP contribution < -0.4 is 5.32 Å². The highest BCUT2D eigenvalue weighted by Crippen LogP contribution is 2.08. The van der Waals surface area contributed by atoms with Crippen molar-refractivity contribution in [3.8, 4) is 0 Å². The lowest BCUT2D eigenvalue weighted by Gasteiger charge is -2.14. The molecule has 0 saturated heterocycles. The molecular formula is C13H17FN4. The van der Waals surface area contributed by atoms with Crippen LogP contribution in [-0.2, 0) is 19.9 Å². The Morgan fingerprint density at radius 3 is 2.56 bits per heavy atom. The van der Waals surface area contributed by atoms with Crippen LogP contribution in [-0.4, -0.2) is 28.1 Å². The topological polar surface area (TPSA) is 42.7 Å². The van der Waals surface area contributed by atoms with Crippen LogP contribution in [0.15, 0.2) is 30.5 Å². The number of halogens is 1. The Balaban J connectivity index is 1.99. The van der Waals surface area contributed by atoms with Gasteiger partial charge in [-0.05, 0) is 31.2 Å². The molecule has 0 saturated carbocycles. The number of likely N-dealkylation sites (N-methyl/N-ethyl adjacent to an activating group) is 1. The Kier molecular flexibility index (Phi) is 4.04. The first kappa shape index (κ1) is 12.7. The van der Waals surface area contributed by atoms with Crippen molar-refractivity contribution in [3.63, 3.8) is 0 Å². The van der Waals surface area contributed by atoms with E-state index in [9.17, 15) is 4.39 Å². The number of aromatic nitrogens is 3. The van der Waals surface area contributed by atoms with Gasteiger partial charge in [0.15, 0.2) is 0 Å². The number of hydrogen-bond donors (Lipinski definition) is 1. The van der Waals surface area contributed by atoms with Crippen molar-refractivity contribution in [2.45, 2.75) is 18.9 Å². The lowest BCUT2D eigenvalue weighted by atomic mass is 10.0. The van der Waals surface area contributed by atoms with E-state index in [0.717, 1.165) is 24.1 Å². The summed E-state index contributed by atoms with van der Waals surface area (Å²) in [5.74, 6) is -0.200. The minimum absolute atomic E-state index is 0.200. The van der Waals surface area contributed by atoms with Gasteiger partial charge in [-0.3, -0.25) is 4.68 Å². The van der Waals surface area contributed by atoms with Crippen LogP contribution in [0.1, 0.15) is 11.3 Å². The van der Waals surface area contributed by atoms with E-state index in [-0.39, 0.29) is 11.9 Å². The van der Waals surface area contributed by atoms with Gasteiger partial charge in [-0.2, -0.15) is 0 Å². The monoisotopic (exact) mass is 248 g/mol. The highest BCUT2D eigenvalue weighted by Gasteiger charge is 2.10. The molecule has 1 aromatic carbocycles. The van der Waals surface area contributed by atoms with E-state index in [1.54, 1.807) is 4.68 Å². The summed E-state index contributed by atoms with van der Waals surface area (Å²) in [6.45, 7) is 0. The molecular weight excluding hydrogens is 231 g/mol. The summed E-state index contributed by atoms with van der Waals surface area (Å²) in [6, 6.07) is 6.88. The van der Waals surface area contributed by atoms with Gasteiger partial charge in [-0.1, -0.05) is 17.3 Å². The fourth-order valence-corrected chi connectivity index (χ4v) is 1.92. The fraction of sp³-hybridized carbons (Fsp3) is 0.385. The Morgan fingerprint density at radius 1 is 1.28 bits per heavy atom. The number of hydrogen-bond acceptors (Lipinski definition) is 3. The number of aryl methyl sites for hydroxylation is 1. The molecule has 2 aromatic rings. The summed E-state index contributed by atoms with van der Waals surface area (Å²) >= 11 is 0. The summed E-state index contributed by atoms with van der Waals surface area (Å²) in [6.07, 6.45) is 3.56. The van der Waals surface area contributed by atoms with Crippen LogP contribution in [0, 0.1) is 5.82 Å². The van der Waals surface area contributed by atoms with Gasteiger partial charge < -0.3 is 5.32 Å². The van der Waals surface area contributed by atoms with Gasteiger partial charge in [0, 0.05) is 25.7 Å². The van der Waals surface area contributed by atoms with E-state index in [2.05, 4.69) is 15.6 Å². The predicted octanol–water partition coefficient (Wildman–Crippen LogP) is 1.33. The number of rotatable bonds is 5. The maximum atomic E-state index is 12.8. The molecule has 5 heteroatoms. The van der Waals surface area contributed by atoms with Crippen molar-refractivity contribution >= 4 is 0 Å². The third kappa shape index (κ3) is 3.37. The van der Waals surface area contributed by atoms with E-state index in [4.69, 9.17) is 0 Å². The van der Waals surface area contributed by atoms with E-state index in [1.807, 2.05) is 32.4 Å².